The summed E-state index contributed by atoms with van der Waals surface area (Å²) in [5, 5.41) is 2.23. The van der Waals surface area contributed by atoms with Crippen LogP contribution in [0.5, 0.6) is 0 Å². The third-order valence-corrected chi connectivity index (χ3v) is 3.04. The van der Waals surface area contributed by atoms with Crippen LogP contribution in [0.15, 0.2) is 24.3 Å². The molecule has 22 heavy (non-hydrogen) atoms. The first-order valence-corrected chi connectivity index (χ1v) is 7.03. The van der Waals surface area contributed by atoms with Crippen molar-refractivity contribution in [2.24, 2.45) is 0 Å². The Hall–Kier alpha value is -2.05. The van der Waals surface area contributed by atoms with E-state index in [4.69, 9.17) is 0 Å². The van der Waals surface area contributed by atoms with Gasteiger partial charge in [-0.25, -0.2) is 0 Å². The van der Waals surface area contributed by atoms with E-state index < -0.39 is 17.6 Å². The molecule has 0 fully saturated rings. The fourth-order valence-corrected chi connectivity index (χ4v) is 1.95. The number of hydrogen-bond acceptors (Lipinski definition) is 2. The van der Waals surface area contributed by atoms with Crippen LogP contribution in [0.25, 0.3) is 0 Å². The Bertz CT molecular complexity index is 530. The SMILES string of the molecule is CCCC(=O)N(CC)CC(=O)Nc1ccccc1C(F)(F)F. The molecular formula is C15H19F3N2O2. The molecule has 0 saturated carbocycles. The van der Waals surface area contributed by atoms with E-state index in [1.165, 1.54) is 23.1 Å². The molecule has 0 atom stereocenters. The molecule has 1 aromatic carbocycles. The minimum Gasteiger partial charge on any atom is -0.334 e. The van der Waals surface area contributed by atoms with Gasteiger partial charge in [0.05, 0.1) is 17.8 Å². The fourth-order valence-electron chi connectivity index (χ4n) is 1.95. The molecule has 1 aromatic rings. The molecule has 7 heteroatoms. The minimum atomic E-state index is -4.55. The Balaban J connectivity index is 2.79. The Morgan fingerprint density at radius 1 is 1.18 bits per heavy atom. The van der Waals surface area contributed by atoms with Gasteiger partial charge in [-0.05, 0) is 25.5 Å². The van der Waals surface area contributed by atoms with Crippen molar-refractivity contribution in [3.63, 3.8) is 0 Å². The number of hydrogen-bond donors (Lipinski definition) is 1. The number of nitrogens with one attached hydrogen (secondary N) is 1. The molecule has 0 unspecified atom stereocenters. The minimum absolute atomic E-state index is 0.191. The average molecular weight is 316 g/mol. The summed E-state index contributed by atoms with van der Waals surface area (Å²) in [7, 11) is 0. The maximum absolute atomic E-state index is 12.8. The maximum Gasteiger partial charge on any atom is 0.418 e. The molecule has 0 spiro atoms. The van der Waals surface area contributed by atoms with Gasteiger partial charge in [-0.1, -0.05) is 19.1 Å². The zero-order valence-corrected chi connectivity index (χ0v) is 12.5. The molecule has 0 bridgehead atoms. The molecule has 0 heterocycles. The van der Waals surface area contributed by atoms with Crippen LogP contribution in [-0.2, 0) is 15.8 Å². The van der Waals surface area contributed by atoms with Gasteiger partial charge in [-0.3, -0.25) is 9.59 Å². The molecular weight excluding hydrogens is 297 g/mol. The van der Waals surface area contributed by atoms with Crippen LogP contribution in [-0.4, -0.2) is 29.8 Å². The normalized spacial score (nSPS) is 11.1. The molecule has 0 radical (unpaired) electrons. The van der Waals surface area contributed by atoms with Crippen LogP contribution in [0.1, 0.15) is 32.3 Å². The number of carbonyl (C=O) groups is 2. The van der Waals surface area contributed by atoms with Gasteiger partial charge in [-0.15, -0.1) is 0 Å². The second-order valence-electron chi connectivity index (χ2n) is 4.75. The van der Waals surface area contributed by atoms with E-state index in [9.17, 15) is 22.8 Å². The highest BCUT2D eigenvalue weighted by Crippen LogP contribution is 2.34. The second kappa shape index (κ2) is 7.82. The summed E-state index contributed by atoms with van der Waals surface area (Å²) >= 11 is 0. The molecule has 0 aliphatic carbocycles. The number of alkyl halides is 3. The highest BCUT2D eigenvalue weighted by atomic mass is 19.4. The van der Waals surface area contributed by atoms with Gasteiger partial charge >= 0.3 is 6.18 Å². The molecule has 4 nitrogen and oxygen atoms in total. The molecule has 0 aliphatic rings. The van der Waals surface area contributed by atoms with Crippen molar-refractivity contribution in [3.8, 4) is 0 Å². The van der Waals surface area contributed by atoms with Crippen LogP contribution < -0.4 is 5.32 Å². The zero-order valence-electron chi connectivity index (χ0n) is 12.5. The highest BCUT2D eigenvalue weighted by Gasteiger charge is 2.33. The van der Waals surface area contributed by atoms with Gasteiger partial charge in [0.2, 0.25) is 11.8 Å². The van der Waals surface area contributed by atoms with Crippen LogP contribution in [0.2, 0.25) is 0 Å². The second-order valence-corrected chi connectivity index (χ2v) is 4.75. The largest absolute Gasteiger partial charge is 0.418 e. The predicted octanol–water partition coefficient (Wildman–Crippen LogP) is 3.29. The average Bonchev–Trinajstić information content (AvgIpc) is 2.44. The summed E-state index contributed by atoms with van der Waals surface area (Å²) in [5.74, 6) is -0.841. The van der Waals surface area contributed by atoms with E-state index in [1.807, 2.05) is 6.92 Å². The van der Waals surface area contributed by atoms with Gasteiger partial charge in [0.25, 0.3) is 0 Å². The number of anilines is 1. The first-order valence-electron chi connectivity index (χ1n) is 7.03. The summed E-state index contributed by atoms with van der Waals surface area (Å²) in [5.41, 5.74) is -1.22. The maximum atomic E-state index is 12.8. The van der Waals surface area contributed by atoms with Crippen molar-refractivity contribution >= 4 is 17.5 Å². The predicted molar refractivity (Wildman–Crippen MR) is 77.2 cm³/mol. The number of rotatable bonds is 6. The Labute approximate surface area is 127 Å². The molecule has 1 rings (SSSR count). The number of carbonyl (C=O) groups excluding carboxylic acids is 2. The van der Waals surface area contributed by atoms with E-state index in [0.717, 1.165) is 6.07 Å². The number of nitrogens with zero attached hydrogens (tertiary/aromatic N) is 1. The summed E-state index contributed by atoms with van der Waals surface area (Å²) in [6, 6.07) is 4.74. The van der Waals surface area contributed by atoms with E-state index in [1.54, 1.807) is 6.92 Å². The molecule has 2 amide bonds. The lowest BCUT2D eigenvalue weighted by Gasteiger charge is -2.21. The van der Waals surface area contributed by atoms with Crippen LogP contribution in [0.3, 0.4) is 0 Å². The quantitative estimate of drug-likeness (QED) is 0.875. The summed E-state index contributed by atoms with van der Waals surface area (Å²) in [6.07, 6.45) is -3.60. The van der Waals surface area contributed by atoms with Crippen molar-refractivity contribution in [3.05, 3.63) is 29.8 Å². The van der Waals surface area contributed by atoms with Crippen LogP contribution >= 0.6 is 0 Å². The lowest BCUT2D eigenvalue weighted by molar-refractivity contribution is -0.137. The van der Waals surface area contributed by atoms with E-state index >= 15 is 0 Å². The van der Waals surface area contributed by atoms with Gasteiger partial charge in [-0.2, -0.15) is 13.2 Å². The Morgan fingerprint density at radius 2 is 1.82 bits per heavy atom. The smallest absolute Gasteiger partial charge is 0.334 e. The zero-order chi connectivity index (χ0) is 16.8. The van der Waals surface area contributed by atoms with E-state index in [0.29, 0.717) is 19.4 Å². The Kier molecular flexibility index (Phi) is 6.39. The van der Waals surface area contributed by atoms with Crippen molar-refractivity contribution in [2.45, 2.75) is 32.9 Å². The number of benzene rings is 1. The van der Waals surface area contributed by atoms with E-state index in [2.05, 4.69) is 5.32 Å². The van der Waals surface area contributed by atoms with E-state index in [-0.39, 0.29) is 18.1 Å². The summed E-state index contributed by atoms with van der Waals surface area (Å²) in [4.78, 5) is 25.0. The number of para-hydroxylation sites is 1. The first-order chi connectivity index (χ1) is 10.3. The third kappa shape index (κ3) is 5.05. The first kappa shape index (κ1) is 18.0. The number of amides is 2. The Morgan fingerprint density at radius 3 is 2.36 bits per heavy atom. The lowest BCUT2D eigenvalue weighted by Crippen LogP contribution is -2.37. The molecule has 1 N–H and O–H groups in total. The van der Waals surface area contributed by atoms with Crippen LogP contribution in [0.4, 0.5) is 18.9 Å². The third-order valence-electron chi connectivity index (χ3n) is 3.04. The van der Waals surface area contributed by atoms with Gasteiger partial charge in [0, 0.05) is 13.0 Å². The lowest BCUT2D eigenvalue weighted by atomic mass is 10.1. The fraction of sp³-hybridized carbons (Fsp3) is 0.467. The van der Waals surface area contributed by atoms with Crippen LogP contribution in [0, 0.1) is 0 Å². The van der Waals surface area contributed by atoms with Gasteiger partial charge in [0.15, 0.2) is 0 Å². The highest BCUT2D eigenvalue weighted by molar-refractivity contribution is 5.95. The molecule has 0 aromatic heterocycles. The monoisotopic (exact) mass is 316 g/mol. The van der Waals surface area contributed by atoms with Crippen molar-refractivity contribution in [1.82, 2.24) is 4.90 Å². The standard InChI is InChI=1S/C15H19F3N2O2/c1-3-7-14(22)20(4-2)10-13(21)19-12-9-6-5-8-11(12)15(16,17)18/h5-6,8-9H,3-4,7,10H2,1-2H3,(H,19,21). The van der Waals surface area contributed by atoms with Crippen molar-refractivity contribution < 1.29 is 22.8 Å². The molecule has 122 valence electrons. The van der Waals surface area contributed by atoms with Crippen molar-refractivity contribution in [2.75, 3.05) is 18.4 Å². The number of halogens is 3. The summed E-state index contributed by atoms with van der Waals surface area (Å²) in [6.45, 7) is 3.62. The number of likely N-dealkylation sites (N-methyl/N-ethyl adjacent to an activating group) is 1. The molecule has 0 aliphatic heterocycles. The summed E-state index contributed by atoms with van der Waals surface area (Å²) < 4.78 is 38.5. The molecule has 0 saturated heterocycles. The van der Waals surface area contributed by atoms with Gasteiger partial charge < -0.3 is 10.2 Å². The topological polar surface area (TPSA) is 49.4 Å². The van der Waals surface area contributed by atoms with Crippen molar-refractivity contribution in [1.29, 1.82) is 0 Å². The van der Waals surface area contributed by atoms with Gasteiger partial charge in [0.1, 0.15) is 0 Å².